The number of aromatic amines is 1. The number of carbonyl (C=O) groups is 2. The fraction of sp³-hybridized carbons (Fsp3) is 0.167. The lowest BCUT2D eigenvalue weighted by Gasteiger charge is -2.10. The summed E-state index contributed by atoms with van der Waals surface area (Å²) in [5.41, 5.74) is 1.73. The van der Waals surface area contributed by atoms with Crippen LogP contribution in [0.5, 0.6) is 0 Å². The second-order valence-corrected chi connectivity index (χ2v) is 3.78. The summed E-state index contributed by atoms with van der Waals surface area (Å²) in [4.78, 5) is 23.4. The summed E-state index contributed by atoms with van der Waals surface area (Å²) < 4.78 is 4.67. The summed E-state index contributed by atoms with van der Waals surface area (Å²) in [5.74, 6) is -0.853. The van der Waals surface area contributed by atoms with E-state index in [1.165, 1.54) is 13.3 Å². The zero-order chi connectivity index (χ0) is 13.8. The third kappa shape index (κ3) is 2.59. The number of hydrogen-bond acceptors (Lipinski definition) is 5. The Morgan fingerprint density at radius 3 is 2.79 bits per heavy atom. The molecule has 0 atom stereocenters. The number of carbonyl (C=O) groups excluding carboxylic acids is 2. The van der Waals surface area contributed by atoms with Gasteiger partial charge in [0.15, 0.2) is 5.69 Å². The summed E-state index contributed by atoms with van der Waals surface area (Å²) >= 11 is 0. The van der Waals surface area contributed by atoms with Crippen LogP contribution in [0.3, 0.4) is 0 Å². The molecule has 2 aromatic rings. The maximum Gasteiger partial charge on any atom is 0.338 e. The smallest absolute Gasteiger partial charge is 0.338 e. The molecule has 0 spiro atoms. The van der Waals surface area contributed by atoms with Crippen molar-refractivity contribution in [3.8, 4) is 0 Å². The molecule has 2 rings (SSSR count). The van der Waals surface area contributed by atoms with Crippen LogP contribution in [0.2, 0.25) is 0 Å². The first kappa shape index (κ1) is 12.7. The molecular formula is C12H12N4O3. The molecule has 0 bridgehead atoms. The second-order valence-electron chi connectivity index (χ2n) is 3.78. The van der Waals surface area contributed by atoms with Crippen LogP contribution in [0, 0.1) is 6.92 Å². The minimum absolute atomic E-state index is 0.169. The maximum atomic E-state index is 11.8. The molecule has 0 saturated heterocycles. The number of benzene rings is 1. The average molecular weight is 260 g/mol. The van der Waals surface area contributed by atoms with Gasteiger partial charge in [-0.25, -0.2) is 4.79 Å². The van der Waals surface area contributed by atoms with Crippen molar-refractivity contribution in [3.05, 3.63) is 41.2 Å². The molecule has 0 aliphatic heterocycles. The van der Waals surface area contributed by atoms with E-state index in [0.717, 1.165) is 0 Å². The van der Waals surface area contributed by atoms with Crippen molar-refractivity contribution in [2.24, 2.45) is 0 Å². The van der Waals surface area contributed by atoms with Gasteiger partial charge in [-0.05, 0) is 24.6 Å². The summed E-state index contributed by atoms with van der Waals surface area (Å²) in [6.45, 7) is 1.73. The Labute approximate surface area is 109 Å². The molecule has 7 heteroatoms. The first-order valence-electron chi connectivity index (χ1n) is 5.48. The lowest BCUT2D eigenvalue weighted by molar-refractivity contribution is 0.0599. The number of hydrogen-bond donors (Lipinski definition) is 2. The lowest BCUT2D eigenvalue weighted by atomic mass is 10.1. The van der Waals surface area contributed by atoms with Gasteiger partial charge in [0.25, 0.3) is 5.91 Å². The number of methoxy groups -OCH3 is 1. The minimum Gasteiger partial charge on any atom is -0.465 e. The van der Waals surface area contributed by atoms with E-state index in [-0.39, 0.29) is 5.69 Å². The standard InChI is InChI=1S/C12H12N4O3/c1-7-8(12(18)19-2)4-3-5-9(7)14-11(17)10-6-13-16-15-10/h3-6H,1-2H3,(H,14,17)(H,13,15,16). The van der Waals surface area contributed by atoms with E-state index in [4.69, 9.17) is 0 Å². The van der Waals surface area contributed by atoms with Crippen molar-refractivity contribution in [2.45, 2.75) is 6.92 Å². The average Bonchev–Trinajstić information content (AvgIpc) is 2.94. The molecule has 1 aromatic heterocycles. The Bertz CT molecular complexity index is 607. The molecule has 0 unspecified atom stereocenters. The number of esters is 1. The molecule has 0 fully saturated rings. The highest BCUT2D eigenvalue weighted by atomic mass is 16.5. The van der Waals surface area contributed by atoms with E-state index in [2.05, 4.69) is 25.5 Å². The third-order valence-corrected chi connectivity index (χ3v) is 2.63. The van der Waals surface area contributed by atoms with Gasteiger partial charge in [-0.1, -0.05) is 6.07 Å². The number of nitrogens with zero attached hydrogens (tertiary/aromatic N) is 2. The van der Waals surface area contributed by atoms with Crippen LogP contribution in [-0.2, 0) is 4.74 Å². The fourth-order valence-electron chi connectivity index (χ4n) is 1.60. The quantitative estimate of drug-likeness (QED) is 0.807. The normalized spacial score (nSPS) is 10.0. The van der Waals surface area contributed by atoms with E-state index in [9.17, 15) is 9.59 Å². The van der Waals surface area contributed by atoms with Gasteiger partial charge in [-0.3, -0.25) is 4.79 Å². The molecule has 0 aliphatic carbocycles. The van der Waals surface area contributed by atoms with E-state index in [1.807, 2.05) is 0 Å². The zero-order valence-electron chi connectivity index (χ0n) is 10.4. The molecule has 1 amide bonds. The third-order valence-electron chi connectivity index (χ3n) is 2.63. The minimum atomic E-state index is -0.449. The van der Waals surface area contributed by atoms with Crippen LogP contribution >= 0.6 is 0 Å². The van der Waals surface area contributed by atoms with Gasteiger partial charge in [-0.2, -0.15) is 15.4 Å². The Morgan fingerprint density at radius 1 is 1.37 bits per heavy atom. The number of H-pyrrole nitrogens is 1. The van der Waals surface area contributed by atoms with Crippen molar-refractivity contribution < 1.29 is 14.3 Å². The topological polar surface area (TPSA) is 97.0 Å². The molecule has 1 heterocycles. The van der Waals surface area contributed by atoms with Gasteiger partial charge >= 0.3 is 5.97 Å². The van der Waals surface area contributed by atoms with Gasteiger partial charge in [0.2, 0.25) is 0 Å². The van der Waals surface area contributed by atoms with Crippen LogP contribution in [0.15, 0.2) is 24.4 Å². The lowest BCUT2D eigenvalue weighted by Crippen LogP contribution is -2.14. The van der Waals surface area contributed by atoms with Crippen LogP contribution in [0.1, 0.15) is 26.4 Å². The van der Waals surface area contributed by atoms with Crippen molar-refractivity contribution in [1.82, 2.24) is 15.4 Å². The van der Waals surface area contributed by atoms with Crippen molar-refractivity contribution >= 4 is 17.6 Å². The van der Waals surface area contributed by atoms with E-state index in [1.54, 1.807) is 25.1 Å². The highest BCUT2D eigenvalue weighted by molar-refractivity contribution is 6.04. The predicted molar refractivity (Wildman–Crippen MR) is 66.9 cm³/mol. The van der Waals surface area contributed by atoms with Gasteiger partial charge in [-0.15, -0.1) is 0 Å². The molecule has 2 N–H and O–H groups in total. The zero-order valence-corrected chi connectivity index (χ0v) is 10.4. The highest BCUT2D eigenvalue weighted by Crippen LogP contribution is 2.20. The van der Waals surface area contributed by atoms with Crippen molar-refractivity contribution in [1.29, 1.82) is 0 Å². The largest absolute Gasteiger partial charge is 0.465 e. The summed E-state index contributed by atoms with van der Waals surface area (Å²) in [6, 6.07) is 4.99. The molecule has 0 aliphatic rings. The Balaban J connectivity index is 2.26. The van der Waals surface area contributed by atoms with E-state index < -0.39 is 11.9 Å². The first-order valence-corrected chi connectivity index (χ1v) is 5.48. The summed E-state index contributed by atoms with van der Waals surface area (Å²) in [6.07, 6.45) is 1.31. The van der Waals surface area contributed by atoms with Gasteiger partial charge in [0.05, 0.1) is 18.9 Å². The number of amides is 1. The van der Waals surface area contributed by atoms with Crippen LogP contribution in [0.25, 0.3) is 0 Å². The Morgan fingerprint density at radius 2 is 2.16 bits per heavy atom. The number of ether oxygens (including phenoxy) is 1. The fourth-order valence-corrected chi connectivity index (χ4v) is 1.60. The predicted octanol–water partition coefficient (Wildman–Crippen LogP) is 1.15. The van der Waals surface area contributed by atoms with Gasteiger partial charge < -0.3 is 10.1 Å². The SMILES string of the molecule is COC(=O)c1cccc(NC(=O)c2cn[nH]n2)c1C. The second kappa shape index (κ2) is 5.30. The van der Waals surface area contributed by atoms with Crippen molar-refractivity contribution in [2.75, 3.05) is 12.4 Å². The molecule has 0 radical (unpaired) electrons. The van der Waals surface area contributed by atoms with Crippen LogP contribution < -0.4 is 5.32 Å². The van der Waals surface area contributed by atoms with E-state index >= 15 is 0 Å². The van der Waals surface area contributed by atoms with Gasteiger partial charge in [0, 0.05) is 5.69 Å². The molecular weight excluding hydrogens is 248 g/mol. The molecule has 19 heavy (non-hydrogen) atoms. The molecule has 7 nitrogen and oxygen atoms in total. The molecule has 98 valence electrons. The van der Waals surface area contributed by atoms with Gasteiger partial charge in [0.1, 0.15) is 0 Å². The molecule has 1 aromatic carbocycles. The first-order chi connectivity index (χ1) is 9.13. The number of aromatic nitrogens is 3. The maximum absolute atomic E-state index is 11.8. The van der Waals surface area contributed by atoms with Crippen LogP contribution in [0.4, 0.5) is 5.69 Å². The van der Waals surface area contributed by atoms with Crippen molar-refractivity contribution in [3.63, 3.8) is 0 Å². The highest BCUT2D eigenvalue weighted by Gasteiger charge is 2.15. The Kier molecular flexibility index (Phi) is 3.56. The monoisotopic (exact) mass is 260 g/mol. The Hall–Kier alpha value is -2.70. The number of nitrogens with one attached hydrogen (secondary N) is 2. The van der Waals surface area contributed by atoms with Crippen LogP contribution in [-0.4, -0.2) is 34.4 Å². The van der Waals surface area contributed by atoms with E-state index in [0.29, 0.717) is 16.8 Å². The summed E-state index contributed by atoms with van der Waals surface area (Å²) in [5, 5.41) is 12.2. The summed E-state index contributed by atoms with van der Waals surface area (Å²) in [7, 11) is 1.31. The number of anilines is 1. The number of rotatable bonds is 3. The molecule has 0 saturated carbocycles.